The highest BCUT2D eigenvalue weighted by Crippen LogP contribution is 2.25. The van der Waals surface area contributed by atoms with Crippen LogP contribution < -0.4 is 0 Å². The molecular weight excluding hydrogens is 179 g/mol. The predicted molar refractivity (Wildman–Crippen MR) is 45.4 cm³/mol. The van der Waals surface area contributed by atoms with Gasteiger partial charge in [0.05, 0.1) is 6.61 Å². The second kappa shape index (κ2) is 5.82. The van der Waals surface area contributed by atoms with Crippen LogP contribution in [0.25, 0.3) is 0 Å². The first-order chi connectivity index (χ1) is 5.61. The van der Waals surface area contributed by atoms with Crippen molar-refractivity contribution in [3.63, 3.8) is 0 Å². The van der Waals surface area contributed by atoms with Gasteiger partial charge < -0.3 is 9.26 Å². The molecule has 0 aliphatic rings. The highest BCUT2D eigenvalue weighted by molar-refractivity contribution is 7.58. The smallest absolute Gasteiger partial charge is 0.389 e. The Morgan fingerprint density at radius 3 is 2.75 bits per heavy atom. The van der Waals surface area contributed by atoms with Crippen molar-refractivity contribution in [2.45, 2.75) is 20.0 Å². The minimum atomic E-state index is -2.73. The van der Waals surface area contributed by atoms with E-state index in [4.69, 9.17) is 6.42 Å². The largest absolute Gasteiger partial charge is 0.442 e. The second-order valence-corrected chi connectivity index (χ2v) is 3.21. The van der Waals surface area contributed by atoms with E-state index >= 15 is 0 Å². The Hall–Kier alpha value is -0.780. The minimum Gasteiger partial charge on any atom is -0.442 e. The lowest BCUT2D eigenvalue weighted by Gasteiger charge is -2.05. The third-order valence-electron chi connectivity index (χ3n) is 0.961. The molecule has 0 fully saturated rings. The molecule has 0 saturated heterocycles. The van der Waals surface area contributed by atoms with Crippen molar-refractivity contribution in [3.8, 4) is 12.3 Å². The van der Waals surface area contributed by atoms with E-state index in [0.29, 0.717) is 0 Å². The average Bonchev–Trinajstić information content (AvgIpc) is 2.04. The molecule has 0 bridgehead atoms. The van der Waals surface area contributed by atoms with E-state index in [1.807, 2.05) is 0 Å². The van der Waals surface area contributed by atoms with E-state index in [-0.39, 0.29) is 6.61 Å². The van der Waals surface area contributed by atoms with E-state index in [9.17, 15) is 9.36 Å². The molecule has 4 nitrogen and oxygen atoms in total. The van der Waals surface area contributed by atoms with Crippen molar-refractivity contribution in [2.75, 3.05) is 6.61 Å². The molecule has 5 heteroatoms. The first-order valence-electron chi connectivity index (χ1n) is 3.45. The molecule has 0 saturated carbocycles. The van der Waals surface area contributed by atoms with Crippen LogP contribution in [0.2, 0.25) is 0 Å². The van der Waals surface area contributed by atoms with Gasteiger partial charge in [0.25, 0.3) is 8.03 Å². The maximum absolute atomic E-state index is 10.8. The third-order valence-corrected chi connectivity index (χ3v) is 1.96. The molecule has 0 aliphatic heterocycles. The SMILES string of the molecule is C#CC(C)OC(=O)[PH](=O)OCC. The Balaban J connectivity index is 3.89. The van der Waals surface area contributed by atoms with Gasteiger partial charge in [0.2, 0.25) is 0 Å². The summed E-state index contributed by atoms with van der Waals surface area (Å²) in [6, 6.07) is 0. The summed E-state index contributed by atoms with van der Waals surface area (Å²) in [5, 5.41) is 0. The standard InChI is InChI=1S/C7H11O4P/c1-4-6(3)11-7(8)12(9)10-5-2/h1,6,12H,5H2,2-3H3. The van der Waals surface area contributed by atoms with Crippen LogP contribution in [0.1, 0.15) is 13.8 Å². The Bertz CT molecular complexity index is 218. The summed E-state index contributed by atoms with van der Waals surface area (Å²) in [6.45, 7) is 3.37. The van der Waals surface area contributed by atoms with Gasteiger partial charge in [0.1, 0.15) is 0 Å². The lowest BCUT2D eigenvalue weighted by molar-refractivity contribution is 0.152. The summed E-state index contributed by atoms with van der Waals surface area (Å²) in [4.78, 5) is 10.8. The molecule has 0 aliphatic carbocycles. The zero-order chi connectivity index (χ0) is 9.56. The van der Waals surface area contributed by atoms with Gasteiger partial charge in [0.15, 0.2) is 6.10 Å². The van der Waals surface area contributed by atoms with Gasteiger partial charge in [-0.2, -0.15) is 0 Å². The number of carbonyl (C=O) groups is 1. The van der Waals surface area contributed by atoms with Crippen molar-refractivity contribution in [1.82, 2.24) is 0 Å². The molecule has 0 aromatic carbocycles. The predicted octanol–water partition coefficient (Wildman–Crippen LogP) is 1.66. The zero-order valence-electron chi connectivity index (χ0n) is 6.99. The highest BCUT2D eigenvalue weighted by atomic mass is 31.1. The minimum absolute atomic E-state index is 0.220. The summed E-state index contributed by atoms with van der Waals surface area (Å²) >= 11 is 0. The molecule has 0 rings (SSSR count). The van der Waals surface area contributed by atoms with Crippen LogP contribution in [0, 0.1) is 12.3 Å². The highest BCUT2D eigenvalue weighted by Gasteiger charge is 2.14. The maximum Gasteiger partial charge on any atom is 0.389 e. The number of ether oxygens (including phenoxy) is 1. The Labute approximate surface area is 72.1 Å². The monoisotopic (exact) mass is 190 g/mol. The number of carbonyl (C=O) groups excluding carboxylic acids is 1. The van der Waals surface area contributed by atoms with Crippen LogP contribution in [-0.4, -0.2) is 18.4 Å². The molecular formula is C7H11O4P. The molecule has 12 heavy (non-hydrogen) atoms. The van der Waals surface area contributed by atoms with Crippen molar-refractivity contribution in [3.05, 3.63) is 0 Å². The summed E-state index contributed by atoms with van der Waals surface area (Å²) in [7, 11) is -2.73. The maximum atomic E-state index is 10.8. The van der Waals surface area contributed by atoms with Gasteiger partial charge in [-0.15, -0.1) is 6.42 Å². The number of hydrogen-bond acceptors (Lipinski definition) is 4. The lowest BCUT2D eigenvalue weighted by Crippen LogP contribution is -2.08. The van der Waals surface area contributed by atoms with E-state index in [0.717, 1.165) is 0 Å². The van der Waals surface area contributed by atoms with E-state index in [1.54, 1.807) is 6.92 Å². The van der Waals surface area contributed by atoms with Crippen LogP contribution in [0.4, 0.5) is 4.79 Å². The van der Waals surface area contributed by atoms with Gasteiger partial charge in [-0.3, -0.25) is 4.57 Å². The van der Waals surface area contributed by atoms with Crippen LogP contribution in [0.15, 0.2) is 0 Å². The molecule has 68 valence electrons. The van der Waals surface area contributed by atoms with Gasteiger partial charge in [-0.1, -0.05) is 5.92 Å². The van der Waals surface area contributed by atoms with Crippen molar-refractivity contribution < 1.29 is 18.6 Å². The second-order valence-electron chi connectivity index (χ2n) is 1.93. The summed E-state index contributed by atoms with van der Waals surface area (Å²) in [5.41, 5.74) is -0.868. The van der Waals surface area contributed by atoms with Crippen molar-refractivity contribution in [2.24, 2.45) is 0 Å². The fourth-order valence-corrected chi connectivity index (χ4v) is 1.09. The number of terminal acetylenes is 1. The molecule has 0 spiro atoms. The van der Waals surface area contributed by atoms with Crippen LogP contribution in [0.3, 0.4) is 0 Å². The summed E-state index contributed by atoms with van der Waals surface area (Å²) in [6.07, 6.45) is 4.28. The molecule has 2 unspecified atom stereocenters. The average molecular weight is 190 g/mol. The first-order valence-corrected chi connectivity index (χ1v) is 4.77. The van der Waals surface area contributed by atoms with Crippen LogP contribution in [0.5, 0.6) is 0 Å². The fraction of sp³-hybridized carbons (Fsp3) is 0.571. The number of hydrogen-bond donors (Lipinski definition) is 0. The van der Waals surface area contributed by atoms with Gasteiger partial charge >= 0.3 is 5.71 Å². The van der Waals surface area contributed by atoms with Gasteiger partial charge in [-0.05, 0) is 13.8 Å². The summed E-state index contributed by atoms with van der Waals surface area (Å²) < 4.78 is 19.9. The zero-order valence-corrected chi connectivity index (χ0v) is 7.99. The molecule has 0 N–H and O–H groups in total. The first kappa shape index (κ1) is 11.2. The summed E-state index contributed by atoms with van der Waals surface area (Å²) in [5.74, 6) is 2.17. The van der Waals surface area contributed by atoms with E-state index < -0.39 is 19.8 Å². The third kappa shape index (κ3) is 4.17. The molecule has 0 aromatic heterocycles. The molecule has 2 atom stereocenters. The van der Waals surface area contributed by atoms with Crippen molar-refractivity contribution in [1.29, 1.82) is 0 Å². The van der Waals surface area contributed by atoms with Gasteiger partial charge in [-0.25, -0.2) is 4.79 Å². The van der Waals surface area contributed by atoms with E-state index in [2.05, 4.69) is 15.2 Å². The van der Waals surface area contributed by atoms with Crippen LogP contribution in [-0.2, 0) is 13.8 Å². The lowest BCUT2D eigenvalue weighted by atomic mass is 10.4. The molecule has 0 aromatic rings. The van der Waals surface area contributed by atoms with E-state index in [1.165, 1.54) is 6.92 Å². The fourth-order valence-electron chi connectivity index (χ4n) is 0.433. The molecule has 0 radical (unpaired) electrons. The molecule has 0 amide bonds. The van der Waals surface area contributed by atoms with Gasteiger partial charge in [0, 0.05) is 0 Å². The quantitative estimate of drug-likeness (QED) is 0.499. The normalized spacial score (nSPS) is 14.4. The Morgan fingerprint density at radius 1 is 1.75 bits per heavy atom. The topological polar surface area (TPSA) is 52.6 Å². The number of rotatable bonds is 4. The van der Waals surface area contributed by atoms with Crippen molar-refractivity contribution >= 4 is 13.7 Å². The van der Waals surface area contributed by atoms with Crippen LogP contribution >= 0.6 is 8.03 Å². The Morgan fingerprint density at radius 2 is 2.33 bits per heavy atom. The molecule has 0 heterocycles. The Kier molecular flexibility index (Phi) is 5.44.